The summed E-state index contributed by atoms with van der Waals surface area (Å²) in [6.07, 6.45) is -0.158. The first-order chi connectivity index (χ1) is 8.74. The van der Waals surface area contributed by atoms with Gasteiger partial charge in [0.15, 0.2) is 0 Å². The lowest BCUT2D eigenvalue weighted by molar-refractivity contribution is 0.0283. The fourth-order valence-corrected chi connectivity index (χ4v) is 2.21. The van der Waals surface area contributed by atoms with E-state index in [9.17, 15) is 9.90 Å². The van der Waals surface area contributed by atoms with Crippen molar-refractivity contribution in [2.45, 2.75) is 6.10 Å². The third-order valence-electron chi connectivity index (χ3n) is 3.03. The molecule has 5 heteroatoms. The largest absolute Gasteiger partial charge is 0.508 e. The van der Waals surface area contributed by atoms with Crippen molar-refractivity contribution in [3.63, 3.8) is 0 Å². The molecule has 2 heterocycles. The molecule has 1 aliphatic heterocycles. The molecular weight excluding hydrogens is 234 g/mol. The third kappa shape index (κ3) is 1.98. The van der Waals surface area contributed by atoms with Crippen LogP contribution in [-0.2, 0) is 4.74 Å². The number of hydrogen-bond donors (Lipinski definition) is 2. The van der Waals surface area contributed by atoms with E-state index in [1.807, 2.05) is 0 Å². The normalized spacial score (nSPS) is 20.1. The van der Waals surface area contributed by atoms with Crippen molar-refractivity contribution in [3.8, 4) is 5.75 Å². The Morgan fingerprint density at radius 3 is 3.00 bits per heavy atom. The molecule has 94 valence electrons. The number of rotatable bonds is 1. The molecule has 0 aliphatic carbocycles. The van der Waals surface area contributed by atoms with Gasteiger partial charge in [-0.3, -0.25) is 0 Å². The monoisotopic (exact) mass is 247 g/mol. The molecule has 18 heavy (non-hydrogen) atoms. The molecule has 2 N–H and O–H groups in total. The zero-order valence-corrected chi connectivity index (χ0v) is 9.68. The fourth-order valence-electron chi connectivity index (χ4n) is 2.21. The van der Waals surface area contributed by atoms with Gasteiger partial charge in [0.05, 0.1) is 12.7 Å². The van der Waals surface area contributed by atoms with Gasteiger partial charge in [-0.25, -0.2) is 4.79 Å². The highest BCUT2D eigenvalue weighted by Gasteiger charge is 2.19. The highest BCUT2D eigenvalue weighted by atomic mass is 16.5. The van der Waals surface area contributed by atoms with E-state index in [1.165, 1.54) is 12.1 Å². The molecule has 0 spiro atoms. The van der Waals surface area contributed by atoms with Crippen LogP contribution in [0.15, 0.2) is 33.5 Å². The van der Waals surface area contributed by atoms with Crippen molar-refractivity contribution in [3.05, 3.63) is 40.2 Å². The van der Waals surface area contributed by atoms with Gasteiger partial charge in [-0.1, -0.05) is 0 Å². The molecule has 1 aliphatic rings. The van der Waals surface area contributed by atoms with Gasteiger partial charge in [0.2, 0.25) is 0 Å². The molecule has 1 aromatic carbocycles. The Morgan fingerprint density at radius 1 is 1.33 bits per heavy atom. The Hall–Kier alpha value is -1.85. The summed E-state index contributed by atoms with van der Waals surface area (Å²) in [5, 5.41) is 13.4. The van der Waals surface area contributed by atoms with Gasteiger partial charge >= 0.3 is 5.63 Å². The number of morpholine rings is 1. The van der Waals surface area contributed by atoms with Crippen LogP contribution in [0.5, 0.6) is 5.75 Å². The summed E-state index contributed by atoms with van der Waals surface area (Å²) in [6, 6.07) is 6.20. The first kappa shape index (κ1) is 11.3. The Bertz CT molecular complexity index is 628. The van der Waals surface area contributed by atoms with Crippen LogP contribution in [0, 0.1) is 0 Å². The van der Waals surface area contributed by atoms with E-state index in [0.717, 1.165) is 17.5 Å². The minimum atomic E-state index is -0.433. The average molecular weight is 247 g/mol. The van der Waals surface area contributed by atoms with Crippen molar-refractivity contribution in [2.24, 2.45) is 0 Å². The summed E-state index contributed by atoms with van der Waals surface area (Å²) in [5.41, 5.74) is 0.748. The lowest BCUT2D eigenvalue weighted by atomic mass is 10.0. The van der Waals surface area contributed by atoms with Gasteiger partial charge in [-0.15, -0.1) is 0 Å². The maximum Gasteiger partial charge on any atom is 0.336 e. The second kappa shape index (κ2) is 4.44. The summed E-state index contributed by atoms with van der Waals surface area (Å²) in [6.45, 7) is 2.10. The highest BCUT2D eigenvalue weighted by Crippen LogP contribution is 2.28. The number of hydrogen-bond acceptors (Lipinski definition) is 5. The Labute approximate surface area is 103 Å². The van der Waals surface area contributed by atoms with Crippen molar-refractivity contribution in [1.82, 2.24) is 5.32 Å². The predicted molar refractivity (Wildman–Crippen MR) is 65.7 cm³/mol. The maximum atomic E-state index is 11.5. The number of phenols is 1. The predicted octanol–water partition coefficient (Wildman–Crippen LogP) is 1.16. The molecule has 0 saturated carbocycles. The van der Waals surface area contributed by atoms with E-state index in [2.05, 4.69) is 5.32 Å². The van der Waals surface area contributed by atoms with Crippen LogP contribution in [-0.4, -0.2) is 24.8 Å². The van der Waals surface area contributed by atoms with Gasteiger partial charge in [0, 0.05) is 36.2 Å². The molecule has 2 aromatic rings. The molecule has 1 aromatic heterocycles. The van der Waals surface area contributed by atoms with Crippen molar-refractivity contribution in [2.75, 3.05) is 19.7 Å². The maximum absolute atomic E-state index is 11.5. The van der Waals surface area contributed by atoms with Gasteiger partial charge in [0.25, 0.3) is 0 Å². The Morgan fingerprint density at radius 2 is 2.22 bits per heavy atom. The van der Waals surface area contributed by atoms with E-state index < -0.39 is 5.63 Å². The van der Waals surface area contributed by atoms with Gasteiger partial charge in [-0.05, 0) is 12.1 Å². The van der Waals surface area contributed by atoms with Gasteiger partial charge in [-0.2, -0.15) is 0 Å². The first-order valence-electron chi connectivity index (χ1n) is 5.83. The average Bonchev–Trinajstić information content (AvgIpc) is 2.38. The van der Waals surface area contributed by atoms with E-state index >= 15 is 0 Å². The molecule has 3 rings (SSSR count). The number of phenolic OH excluding ortho intramolecular Hbond substituents is 1. The number of benzene rings is 1. The molecule has 1 saturated heterocycles. The van der Waals surface area contributed by atoms with E-state index in [-0.39, 0.29) is 11.9 Å². The number of aromatic hydroxyl groups is 1. The lowest BCUT2D eigenvalue weighted by Crippen LogP contribution is -2.33. The fraction of sp³-hybridized carbons (Fsp3) is 0.308. The van der Waals surface area contributed by atoms with Crippen LogP contribution in [0.25, 0.3) is 11.0 Å². The zero-order chi connectivity index (χ0) is 12.5. The van der Waals surface area contributed by atoms with Crippen LogP contribution < -0.4 is 10.9 Å². The third-order valence-corrected chi connectivity index (χ3v) is 3.03. The second-order valence-electron chi connectivity index (χ2n) is 4.26. The summed E-state index contributed by atoms with van der Waals surface area (Å²) in [7, 11) is 0. The van der Waals surface area contributed by atoms with Crippen LogP contribution in [0.1, 0.15) is 11.7 Å². The number of ether oxygens (including phenoxy) is 1. The summed E-state index contributed by atoms with van der Waals surface area (Å²) >= 11 is 0. The van der Waals surface area contributed by atoms with E-state index in [4.69, 9.17) is 9.15 Å². The Balaban J connectivity index is 2.17. The van der Waals surface area contributed by atoms with Crippen molar-refractivity contribution in [1.29, 1.82) is 0 Å². The van der Waals surface area contributed by atoms with E-state index in [1.54, 1.807) is 12.1 Å². The minimum absolute atomic E-state index is 0.0745. The van der Waals surface area contributed by atoms with Crippen LogP contribution in [0.2, 0.25) is 0 Å². The smallest absolute Gasteiger partial charge is 0.336 e. The molecule has 1 atom stereocenters. The highest BCUT2D eigenvalue weighted by molar-refractivity contribution is 5.81. The molecule has 1 unspecified atom stereocenters. The SMILES string of the molecule is O=c1cc(C2CNCCO2)c2ccc(O)cc2o1. The minimum Gasteiger partial charge on any atom is -0.508 e. The summed E-state index contributed by atoms with van der Waals surface area (Å²) in [4.78, 5) is 11.5. The molecular formula is C13H13NO4. The number of nitrogens with one attached hydrogen (secondary N) is 1. The van der Waals surface area contributed by atoms with Crippen molar-refractivity contribution < 1.29 is 14.3 Å². The zero-order valence-electron chi connectivity index (χ0n) is 9.68. The molecule has 5 nitrogen and oxygen atoms in total. The van der Waals surface area contributed by atoms with Crippen LogP contribution >= 0.6 is 0 Å². The van der Waals surface area contributed by atoms with Gasteiger partial charge in [0.1, 0.15) is 11.3 Å². The van der Waals surface area contributed by atoms with Crippen LogP contribution in [0.3, 0.4) is 0 Å². The molecule has 0 radical (unpaired) electrons. The second-order valence-corrected chi connectivity index (χ2v) is 4.26. The molecule has 0 bridgehead atoms. The van der Waals surface area contributed by atoms with E-state index in [0.29, 0.717) is 18.7 Å². The summed E-state index contributed by atoms with van der Waals surface area (Å²) < 4.78 is 10.7. The Kier molecular flexibility index (Phi) is 2.77. The molecule has 0 amide bonds. The first-order valence-corrected chi connectivity index (χ1v) is 5.83. The van der Waals surface area contributed by atoms with Crippen molar-refractivity contribution >= 4 is 11.0 Å². The topological polar surface area (TPSA) is 71.7 Å². The quantitative estimate of drug-likeness (QED) is 0.740. The van der Waals surface area contributed by atoms with Gasteiger partial charge < -0.3 is 19.6 Å². The molecule has 1 fully saturated rings. The standard InChI is InChI=1S/C13H13NO4/c15-8-1-2-9-10(12-7-14-3-4-17-12)6-13(16)18-11(9)5-8/h1-2,5-6,12,14-15H,3-4,7H2. The van der Waals surface area contributed by atoms with Crippen LogP contribution in [0.4, 0.5) is 0 Å². The lowest BCUT2D eigenvalue weighted by Gasteiger charge is -2.24. The number of fused-ring (bicyclic) bond motifs is 1. The summed E-state index contributed by atoms with van der Waals surface area (Å²) in [5.74, 6) is 0.0745.